The molecule has 0 fully saturated rings. The fraction of sp³-hybridized carbons (Fsp3) is 0.154. The predicted molar refractivity (Wildman–Crippen MR) is 91.8 cm³/mol. The quantitative estimate of drug-likeness (QED) is 0.320. The maximum absolute atomic E-state index is 11.8. The third-order valence-corrected chi connectivity index (χ3v) is 3.71. The van der Waals surface area contributed by atoms with Gasteiger partial charge in [-0.2, -0.15) is 5.10 Å². The predicted octanol–water partition coefficient (Wildman–Crippen LogP) is 1.32. The number of non-ortho nitro benzene ring substituents is 1. The van der Waals surface area contributed by atoms with E-state index in [-0.39, 0.29) is 23.1 Å². The summed E-state index contributed by atoms with van der Waals surface area (Å²) in [6.07, 6.45) is 1.21. The van der Waals surface area contributed by atoms with Crippen LogP contribution in [-0.4, -0.2) is 39.0 Å². The molecule has 0 aliphatic carbocycles. The van der Waals surface area contributed by atoms with E-state index in [0.717, 1.165) is 11.3 Å². The lowest BCUT2D eigenvalue weighted by atomic mass is 10.2. The molecular weight excluding hydrogens is 372 g/mol. The molecule has 2 aromatic rings. The van der Waals surface area contributed by atoms with Gasteiger partial charge in [-0.25, -0.2) is 5.43 Å². The van der Waals surface area contributed by atoms with E-state index < -0.39 is 16.7 Å². The van der Waals surface area contributed by atoms with Crippen LogP contribution >= 0.6 is 22.9 Å². The second-order valence-corrected chi connectivity index (χ2v) is 5.83. The average Bonchev–Trinajstić information content (AvgIpc) is 3.01. The van der Waals surface area contributed by atoms with Gasteiger partial charge in [-0.15, -0.1) is 21.8 Å². The minimum atomic E-state index is -0.522. The molecule has 0 radical (unpaired) electrons. The Labute approximate surface area is 150 Å². The van der Waals surface area contributed by atoms with E-state index in [4.69, 9.17) is 11.6 Å². The summed E-state index contributed by atoms with van der Waals surface area (Å²) in [7, 11) is 0. The van der Waals surface area contributed by atoms with Crippen molar-refractivity contribution in [2.45, 2.75) is 6.42 Å². The Bertz CT molecular complexity index is 824. The standard InChI is InChI=1S/C13H11ClN6O4S/c14-6-11(22)16-13-19-18-12(25-13)5-10(21)17-15-7-8-2-1-3-9(4-8)20(23)24/h1-4,7H,5-6H2,(H,17,21)(H,16,19,22)/b15-7-. The third-order valence-electron chi connectivity index (χ3n) is 2.63. The van der Waals surface area contributed by atoms with E-state index in [1.54, 1.807) is 6.07 Å². The monoisotopic (exact) mass is 382 g/mol. The number of nitro benzene ring substituents is 1. The lowest BCUT2D eigenvalue weighted by molar-refractivity contribution is -0.384. The van der Waals surface area contributed by atoms with Gasteiger partial charge < -0.3 is 0 Å². The van der Waals surface area contributed by atoms with Crippen molar-refractivity contribution < 1.29 is 14.5 Å². The Hall–Kier alpha value is -2.92. The molecule has 0 bridgehead atoms. The number of aromatic nitrogens is 2. The van der Waals surface area contributed by atoms with Crippen molar-refractivity contribution in [2.24, 2.45) is 5.10 Å². The number of nitrogens with one attached hydrogen (secondary N) is 2. The van der Waals surface area contributed by atoms with Crippen molar-refractivity contribution in [3.05, 3.63) is 45.0 Å². The molecule has 0 unspecified atom stereocenters. The summed E-state index contributed by atoms with van der Waals surface area (Å²) < 4.78 is 0. The molecule has 12 heteroatoms. The Kier molecular flexibility index (Phi) is 6.48. The van der Waals surface area contributed by atoms with Gasteiger partial charge in [-0.3, -0.25) is 25.0 Å². The van der Waals surface area contributed by atoms with Gasteiger partial charge >= 0.3 is 0 Å². The Balaban J connectivity index is 1.87. The van der Waals surface area contributed by atoms with E-state index in [2.05, 4.69) is 26.0 Å². The number of rotatable bonds is 7. The van der Waals surface area contributed by atoms with Crippen LogP contribution in [0.25, 0.3) is 0 Å². The van der Waals surface area contributed by atoms with Gasteiger partial charge in [0, 0.05) is 17.7 Å². The molecule has 0 spiro atoms. The van der Waals surface area contributed by atoms with Crippen molar-refractivity contribution in [2.75, 3.05) is 11.2 Å². The van der Waals surface area contributed by atoms with Crippen molar-refractivity contribution >= 4 is 51.8 Å². The van der Waals surface area contributed by atoms with Gasteiger partial charge in [0.2, 0.25) is 16.9 Å². The molecule has 130 valence electrons. The smallest absolute Gasteiger partial charge is 0.270 e. The van der Waals surface area contributed by atoms with Crippen LogP contribution in [-0.2, 0) is 16.0 Å². The molecule has 0 aliphatic heterocycles. The van der Waals surface area contributed by atoms with Crippen LogP contribution in [0.5, 0.6) is 0 Å². The van der Waals surface area contributed by atoms with Gasteiger partial charge in [-0.1, -0.05) is 23.5 Å². The molecule has 10 nitrogen and oxygen atoms in total. The summed E-state index contributed by atoms with van der Waals surface area (Å²) in [5.74, 6) is -1.08. The van der Waals surface area contributed by atoms with Gasteiger partial charge in [0.25, 0.3) is 5.69 Å². The number of amides is 2. The highest BCUT2D eigenvalue weighted by atomic mass is 35.5. The van der Waals surface area contributed by atoms with Crippen LogP contribution in [0.4, 0.5) is 10.8 Å². The number of nitrogens with zero attached hydrogens (tertiary/aromatic N) is 4. The number of hydrogen-bond acceptors (Lipinski definition) is 8. The van der Waals surface area contributed by atoms with E-state index in [0.29, 0.717) is 10.6 Å². The normalized spacial score (nSPS) is 10.6. The van der Waals surface area contributed by atoms with E-state index in [1.165, 1.54) is 24.4 Å². The van der Waals surface area contributed by atoms with Gasteiger partial charge in [0.05, 0.1) is 17.6 Å². The first-order chi connectivity index (χ1) is 12.0. The first-order valence-corrected chi connectivity index (χ1v) is 8.07. The van der Waals surface area contributed by atoms with Crippen LogP contribution in [0, 0.1) is 10.1 Å². The van der Waals surface area contributed by atoms with E-state index >= 15 is 0 Å². The number of halogens is 1. The molecule has 0 atom stereocenters. The molecular formula is C13H11ClN6O4S. The van der Waals surface area contributed by atoms with Crippen LogP contribution < -0.4 is 10.7 Å². The van der Waals surface area contributed by atoms with Crippen LogP contribution in [0.15, 0.2) is 29.4 Å². The molecule has 0 aliphatic rings. The van der Waals surface area contributed by atoms with E-state index in [9.17, 15) is 19.7 Å². The van der Waals surface area contributed by atoms with Crippen LogP contribution in [0.3, 0.4) is 0 Å². The summed E-state index contributed by atoms with van der Waals surface area (Å²) in [6, 6.07) is 5.80. The van der Waals surface area contributed by atoms with Crippen molar-refractivity contribution in [1.29, 1.82) is 0 Å². The summed E-state index contributed by atoms with van der Waals surface area (Å²) in [4.78, 5) is 33.0. The number of carbonyl (C=O) groups is 2. The molecule has 1 heterocycles. The fourth-order valence-electron chi connectivity index (χ4n) is 1.60. The van der Waals surface area contributed by atoms with Crippen LogP contribution in [0.2, 0.25) is 0 Å². The Morgan fingerprint density at radius 3 is 2.88 bits per heavy atom. The molecule has 25 heavy (non-hydrogen) atoms. The van der Waals surface area contributed by atoms with Crippen molar-refractivity contribution in [3.63, 3.8) is 0 Å². The molecule has 0 saturated carbocycles. The summed E-state index contributed by atoms with van der Waals surface area (Å²) >= 11 is 6.39. The molecule has 2 rings (SSSR count). The van der Waals surface area contributed by atoms with E-state index in [1.807, 2.05) is 0 Å². The zero-order chi connectivity index (χ0) is 18.2. The zero-order valence-electron chi connectivity index (χ0n) is 12.5. The summed E-state index contributed by atoms with van der Waals surface area (Å²) in [5.41, 5.74) is 2.68. The second kappa shape index (κ2) is 8.80. The highest BCUT2D eigenvalue weighted by Gasteiger charge is 2.10. The minimum absolute atomic E-state index is 0.0735. The molecule has 2 amide bonds. The summed E-state index contributed by atoms with van der Waals surface area (Å²) in [5, 5.41) is 24.9. The first kappa shape index (κ1) is 18.4. The number of anilines is 1. The van der Waals surface area contributed by atoms with Crippen molar-refractivity contribution in [3.8, 4) is 0 Å². The zero-order valence-corrected chi connectivity index (χ0v) is 14.1. The highest BCUT2D eigenvalue weighted by Crippen LogP contribution is 2.15. The number of hydrogen-bond donors (Lipinski definition) is 2. The third kappa shape index (κ3) is 5.90. The number of benzene rings is 1. The number of nitro groups is 1. The topological polar surface area (TPSA) is 139 Å². The minimum Gasteiger partial charge on any atom is -0.299 e. The first-order valence-electron chi connectivity index (χ1n) is 6.72. The van der Waals surface area contributed by atoms with Gasteiger partial charge in [-0.05, 0) is 0 Å². The SMILES string of the molecule is O=C(Cc1nnc(NC(=O)CCl)s1)N/N=C\c1cccc([N+](=O)[O-])c1. The van der Waals surface area contributed by atoms with Gasteiger partial charge in [0.15, 0.2) is 0 Å². The van der Waals surface area contributed by atoms with Crippen LogP contribution in [0.1, 0.15) is 10.6 Å². The lowest BCUT2D eigenvalue weighted by Gasteiger charge is -1.97. The molecule has 0 saturated heterocycles. The number of carbonyl (C=O) groups excluding carboxylic acids is 2. The van der Waals surface area contributed by atoms with Gasteiger partial charge in [0.1, 0.15) is 10.9 Å². The highest BCUT2D eigenvalue weighted by molar-refractivity contribution is 7.15. The summed E-state index contributed by atoms with van der Waals surface area (Å²) in [6.45, 7) is 0. The van der Waals surface area contributed by atoms with Crippen molar-refractivity contribution in [1.82, 2.24) is 15.6 Å². The molecule has 2 N–H and O–H groups in total. The maximum atomic E-state index is 11.8. The average molecular weight is 383 g/mol. The number of alkyl halides is 1. The largest absolute Gasteiger partial charge is 0.299 e. The maximum Gasteiger partial charge on any atom is 0.270 e. The fourth-order valence-corrected chi connectivity index (χ4v) is 2.42. The Morgan fingerprint density at radius 1 is 1.36 bits per heavy atom. The second-order valence-electron chi connectivity index (χ2n) is 4.50. The number of hydrazone groups is 1. The molecule has 1 aromatic heterocycles. The molecule has 1 aromatic carbocycles. The Morgan fingerprint density at radius 2 is 2.16 bits per heavy atom. The lowest BCUT2D eigenvalue weighted by Crippen LogP contribution is -2.19.